The van der Waals surface area contributed by atoms with Gasteiger partial charge < -0.3 is 9.30 Å². The van der Waals surface area contributed by atoms with E-state index in [1.807, 2.05) is 53.9 Å². The zero-order valence-corrected chi connectivity index (χ0v) is 15.8. The smallest absolute Gasteiger partial charge is 0.199 e. The maximum atomic E-state index is 13.4. The van der Waals surface area contributed by atoms with Gasteiger partial charge in [-0.1, -0.05) is 24.3 Å². The first-order valence-electron chi connectivity index (χ1n) is 8.20. The van der Waals surface area contributed by atoms with Crippen LogP contribution in [0.3, 0.4) is 0 Å². The lowest BCUT2D eigenvalue weighted by Crippen LogP contribution is -2.22. The third-order valence-electron chi connectivity index (χ3n) is 4.11. The fourth-order valence-electron chi connectivity index (χ4n) is 2.87. The Morgan fingerprint density at radius 2 is 1.96 bits per heavy atom. The van der Waals surface area contributed by atoms with Gasteiger partial charge in [-0.3, -0.25) is 4.90 Å². The van der Waals surface area contributed by atoms with Crippen LogP contribution in [0, 0.1) is 10.6 Å². The van der Waals surface area contributed by atoms with Crippen LogP contribution in [0.5, 0.6) is 5.75 Å². The first-order chi connectivity index (χ1) is 12.5. The number of nitrogens with zero attached hydrogens (tertiary/aromatic N) is 4. The lowest BCUT2D eigenvalue weighted by Gasteiger charge is -2.16. The molecule has 0 N–H and O–H groups in total. The molecule has 0 radical (unpaired) electrons. The number of aromatic nitrogens is 3. The van der Waals surface area contributed by atoms with Gasteiger partial charge in [-0.2, -0.15) is 5.10 Å². The molecule has 0 atom stereocenters. The molecule has 0 aliphatic carbocycles. The Labute approximate surface area is 157 Å². The molecule has 136 valence electrons. The molecule has 0 saturated carbocycles. The topological polar surface area (TPSA) is 35.2 Å². The highest BCUT2D eigenvalue weighted by atomic mass is 32.1. The van der Waals surface area contributed by atoms with Crippen molar-refractivity contribution in [2.45, 2.75) is 13.2 Å². The van der Waals surface area contributed by atoms with Gasteiger partial charge in [0.25, 0.3) is 0 Å². The van der Waals surface area contributed by atoms with Crippen molar-refractivity contribution >= 4 is 12.2 Å². The van der Waals surface area contributed by atoms with Crippen LogP contribution in [0.1, 0.15) is 5.56 Å². The monoisotopic (exact) mass is 372 g/mol. The van der Waals surface area contributed by atoms with Crippen molar-refractivity contribution in [3.8, 4) is 17.1 Å². The summed E-state index contributed by atoms with van der Waals surface area (Å²) in [5, 5.41) is 4.67. The summed E-state index contributed by atoms with van der Waals surface area (Å²) in [5.41, 5.74) is 1.79. The van der Waals surface area contributed by atoms with Crippen LogP contribution >= 0.6 is 12.2 Å². The van der Waals surface area contributed by atoms with E-state index in [1.165, 1.54) is 12.1 Å². The molecule has 0 amide bonds. The molecule has 2 aromatic carbocycles. The molecule has 5 nitrogen and oxygen atoms in total. The molecular formula is C19H21FN4OS. The van der Waals surface area contributed by atoms with E-state index in [0.29, 0.717) is 18.0 Å². The van der Waals surface area contributed by atoms with E-state index >= 15 is 0 Å². The van der Waals surface area contributed by atoms with E-state index in [-0.39, 0.29) is 5.82 Å². The zero-order chi connectivity index (χ0) is 18.7. The molecule has 1 heterocycles. The first kappa shape index (κ1) is 18.3. The van der Waals surface area contributed by atoms with E-state index in [4.69, 9.17) is 17.0 Å². The van der Waals surface area contributed by atoms with Crippen LogP contribution in [0.15, 0.2) is 48.5 Å². The Hall–Kier alpha value is -2.51. The number of rotatable bonds is 6. The summed E-state index contributed by atoms with van der Waals surface area (Å²) in [5.74, 6) is 1.26. The molecule has 3 aromatic rings. The molecule has 1 aromatic heterocycles. The Balaban J connectivity index is 1.84. The van der Waals surface area contributed by atoms with Crippen LogP contribution < -0.4 is 4.74 Å². The van der Waals surface area contributed by atoms with Crippen molar-refractivity contribution in [2.75, 3.05) is 14.2 Å². The second-order valence-electron chi connectivity index (χ2n) is 6.15. The average molecular weight is 372 g/mol. The Kier molecular flexibility index (Phi) is 5.49. The van der Waals surface area contributed by atoms with Crippen LogP contribution in [-0.2, 0) is 20.3 Å². The van der Waals surface area contributed by atoms with E-state index in [2.05, 4.69) is 5.10 Å². The van der Waals surface area contributed by atoms with E-state index in [0.717, 1.165) is 22.7 Å². The summed E-state index contributed by atoms with van der Waals surface area (Å²) in [4.78, 5) is 2.03. The summed E-state index contributed by atoms with van der Waals surface area (Å²) in [7, 11) is 5.47. The minimum Gasteiger partial charge on any atom is -0.496 e. The second-order valence-corrected chi connectivity index (χ2v) is 6.52. The number of para-hydroxylation sites is 1. The lowest BCUT2D eigenvalue weighted by molar-refractivity contribution is 0.244. The van der Waals surface area contributed by atoms with Gasteiger partial charge in [-0.25, -0.2) is 9.07 Å². The molecule has 0 saturated heterocycles. The van der Waals surface area contributed by atoms with Crippen molar-refractivity contribution in [3.63, 3.8) is 0 Å². The minimum atomic E-state index is -0.233. The molecule has 0 unspecified atom stereocenters. The van der Waals surface area contributed by atoms with Gasteiger partial charge in [-0.05, 0) is 49.1 Å². The van der Waals surface area contributed by atoms with Gasteiger partial charge in [0, 0.05) is 13.6 Å². The van der Waals surface area contributed by atoms with Gasteiger partial charge in [0.05, 0.1) is 19.3 Å². The fraction of sp³-hybridized carbons (Fsp3) is 0.263. The highest BCUT2D eigenvalue weighted by Crippen LogP contribution is 2.28. The second kappa shape index (κ2) is 7.80. The Morgan fingerprint density at radius 1 is 1.19 bits per heavy atom. The number of methoxy groups -OCH3 is 1. The molecule has 0 aliphatic rings. The van der Waals surface area contributed by atoms with Crippen LogP contribution in [0.25, 0.3) is 11.4 Å². The minimum absolute atomic E-state index is 0.233. The van der Waals surface area contributed by atoms with E-state index in [1.54, 1.807) is 17.9 Å². The number of hydrogen-bond acceptors (Lipinski definition) is 4. The molecular weight excluding hydrogens is 351 g/mol. The SMILES string of the molecule is COc1ccccc1-c1nn(CN(C)Cc2cccc(F)c2)c(=S)n1C. The number of benzene rings is 2. The standard InChI is InChI=1S/C19H21FN4OS/c1-22(12-14-7-6-8-15(20)11-14)13-24-19(26)23(2)18(21-24)16-9-4-5-10-17(16)25-3/h4-11H,12-13H2,1-3H3. The molecule has 0 bridgehead atoms. The third-order valence-corrected chi connectivity index (χ3v) is 4.59. The Bertz CT molecular complexity index is 966. The van der Waals surface area contributed by atoms with Gasteiger partial charge in [0.15, 0.2) is 10.6 Å². The zero-order valence-electron chi connectivity index (χ0n) is 15.0. The quantitative estimate of drug-likeness (QED) is 0.616. The maximum absolute atomic E-state index is 13.4. The Morgan fingerprint density at radius 3 is 2.69 bits per heavy atom. The fourth-order valence-corrected chi connectivity index (χ4v) is 3.05. The summed E-state index contributed by atoms with van der Waals surface area (Å²) in [6.07, 6.45) is 0. The highest BCUT2D eigenvalue weighted by Gasteiger charge is 2.15. The third kappa shape index (κ3) is 3.84. The first-order valence-corrected chi connectivity index (χ1v) is 8.60. The van der Waals surface area contributed by atoms with Crippen molar-refractivity contribution in [1.29, 1.82) is 0 Å². The normalized spacial score (nSPS) is 11.1. The van der Waals surface area contributed by atoms with Crippen molar-refractivity contribution in [2.24, 2.45) is 7.05 Å². The predicted octanol–water partition coefficient (Wildman–Crippen LogP) is 3.86. The number of halogens is 1. The van der Waals surface area contributed by atoms with Crippen molar-refractivity contribution in [3.05, 3.63) is 64.7 Å². The largest absolute Gasteiger partial charge is 0.496 e. The summed E-state index contributed by atoms with van der Waals surface area (Å²) < 4.78 is 23.0. The number of hydrogen-bond donors (Lipinski definition) is 0. The maximum Gasteiger partial charge on any atom is 0.199 e. The van der Waals surface area contributed by atoms with E-state index in [9.17, 15) is 4.39 Å². The van der Waals surface area contributed by atoms with Gasteiger partial charge >= 0.3 is 0 Å². The lowest BCUT2D eigenvalue weighted by atomic mass is 10.2. The van der Waals surface area contributed by atoms with Crippen molar-refractivity contribution < 1.29 is 9.13 Å². The van der Waals surface area contributed by atoms with Crippen LogP contribution in [-0.4, -0.2) is 33.4 Å². The summed E-state index contributed by atoms with van der Waals surface area (Å²) in [6, 6.07) is 14.3. The van der Waals surface area contributed by atoms with E-state index < -0.39 is 0 Å². The summed E-state index contributed by atoms with van der Waals surface area (Å²) >= 11 is 5.53. The summed E-state index contributed by atoms with van der Waals surface area (Å²) in [6.45, 7) is 1.10. The molecule has 26 heavy (non-hydrogen) atoms. The molecule has 0 aliphatic heterocycles. The van der Waals surface area contributed by atoms with Gasteiger partial charge in [-0.15, -0.1) is 0 Å². The number of ether oxygens (including phenoxy) is 1. The van der Waals surface area contributed by atoms with Crippen LogP contribution in [0.4, 0.5) is 4.39 Å². The van der Waals surface area contributed by atoms with Gasteiger partial charge in [0.1, 0.15) is 11.6 Å². The molecule has 0 spiro atoms. The molecule has 7 heteroatoms. The average Bonchev–Trinajstić information content (AvgIpc) is 2.90. The van der Waals surface area contributed by atoms with Crippen molar-refractivity contribution in [1.82, 2.24) is 19.2 Å². The highest BCUT2D eigenvalue weighted by molar-refractivity contribution is 7.71. The van der Waals surface area contributed by atoms with Gasteiger partial charge in [0.2, 0.25) is 0 Å². The van der Waals surface area contributed by atoms with Crippen LogP contribution in [0.2, 0.25) is 0 Å². The predicted molar refractivity (Wildman–Crippen MR) is 102 cm³/mol. The molecule has 0 fully saturated rings. The molecule has 3 rings (SSSR count).